The summed E-state index contributed by atoms with van der Waals surface area (Å²) in [5.74, 6) is -4.29. The maximum atomic E-state index is 11.9. The molecule has 0 aliphatic rings. The SMILES string of the molecule is C[C@@H](N[C@@H](Cc1cnc[nH]1)C(=O)O)C(NC(=O)[C@@H](N)CC(N)=O)C(=O)O. The highest BCUT2D eigenvalue weighted by molar-refractivity contribution is 5.90. The number of imidazole rings is 1. The normalized spacial score (nSPS) is 15.5. The number of hydrogen-bond acceptors (Lipinski definition) is 7. The van der Waals surface area contributed by atoms with Crippen molar-refractivity contribution in [2.75, 3.05) is 0 Å². The molecular weight excluding hydrogens is 348 g/mol. The van der Waals surface area contributed by atoms with Gasteiger partial charge in [-0.15, -0.1) is 0 Å². The highest BCUT2D eigenvalue weighted by atomic mass is 16.4. The lowest BCUT2D eigenvalue weighted by molar-refractivity contribution is -0.144. The molecule has 0 fully saturated rings. The summed E-state index contributed by atoms with van der Waals surface area (Å²) in [5.41, 5.74) is 11.0. The van der Waals surface area contributed by atoms with Crippen molar-refractivity contribution in [1.29, 1.82) is 0 Å². The van der Waals surface area contributed by atoms with Gasteiger partial charge in [-0.3, -0.25) is 19.7 Å². The van der Waals surface area contributed by atoms with E-state index >= 15 is 0 Å². The Morgan fingerprint density at radius 2 is 1.92 bits per heavy atom. The first-order chi connectivity index (χ1) is 12.1. The number of aromatic nitrogens is 2. The minimum atomic E-state index is -1.47. The summed E-state index contributed by atoms with van der Waals surface area (Å²) >= 11 is 0. The fraction of sp³-hybridized carbons (Fsp3) is 0.500. The molecule has 9 N–H and O–H groups in total. The van der Waals surface area contributed by atoms with Crippen molar-refractivity contribution < 1.29 is 29.4 Å². The second kappa shape index (κ2) is 9.48. The number of nitrogens with zero attached hydrogens (tertiary/aromatic N) is 1. The van der Waals surface area contributed by atoms with E-state index in [4.69, 9.17) is 11.5 Å². The number of nitrogens with one attached hydrogen (secondary N) is 3. The van der Waals surface area contributed by atoms with Crippen molar-refractivity contribution in [3.63, 3.8) is 0 Å². The molecular formula is C14H22N6O6. The first-order valence-electron chi connectivity index (χ1n) is 7.65. The Balaban J connectivity index is 2.77. The molecule has 0 aromatic carbocycles. The quantitative estimate of drug-likeness (QED) is 0.213. The van der Waals surface area contributed by atoms with E-state index in [1.165, 1.54) is 19.4 Å². The Bertz CT molecular complexity index is 648. The number of hydrogen-bond donors (Lipinski definition) is 7. The lowest BCUT2D eigenvalue weighted by atomic mass is 10.1. The van der Waals surface area contributed by atoms with Crippen molar-refractivity contribution in [2.45, 2.75) is 43.9 Å². The zero-order chi connectivity index (χ0) is 19.9. The number of rotatable bonds is 11. The van der Waals surface area contributed by atoms with Crippen LogP contribution in [0.1, 0.15) is 19.0 Å². The lowest BCUT2D eigenvalue weighted by Crippen LogP contribution is -2.59. The molecule has 1 rings (SSSR count). The van der Waals surface area contributed by atoms with Gasteiger partial charge in [-0.25, -0.2) is 9.78 Å². The molecule has 0 saturated carbocycles. The fourth-order valence-electron chi connectivity index (χ4n) is 2.22. The minimum absolute atomic E-state index is 0.0289. The minimum Gasteiger partial charge on any atom is -0.480 e. The zero-order valence-electron chi connectivity index (χ0n) is 14.0. The number of carboxylic acids is 2. The van der Waals surface area contributed by atoms with Crippen molar-refractivity contribution in [3.8, 4) is 0 Å². The van der Waals surface area contributed by atoms with Gasteiger partial charge in [-0.1, -0.05) is 0 Å². The van der Waals surface area contributed by atoms with Crippen LogP contribution in [0.2, 0.25) is 0 Å². The van der Waals surface area contributed by atoms with Crippen molar-refractivity contribution in [1.82, 2.24) is 20.6 Å². The maximum absolute atomic E-state index is 11.9. The van der Waals surface area contributed by atoms with E-state index in [9.17, 15) is 29.4 Å². The maximum Gasteiger partial charge on any atom is 0.327 e. The smallest absolute Gasteiger partial charge is 0.327 e. The summed E-state index contributed by atoms with van der Waals surface area (Å²) in [5, 5.41) is 23.4. The van der Waals surface area contributed by atoms with Crippen LogP contribution < -0.4 is 22.1 Å². The highest BCUT2D eigenvalue weighted by Crippen LogP contribution is 2.03. The van der Waals surface area contributed by atoms with E-state index < -0.39 is 54.3 Å². The number of amides is 2. The van der Waals surface area contributed by atoms with Gasteiger partial charge in [0.1, 0.15) is 12.1 Å². The van der Waals surface area contributed by atoms with E-state index in [1.54, 1.807) is 0 Å². The molecule has 1 aromatic rings. The zero-order valence-corrected chi connectivity index (χ0v) is 14.0. The molecule has 2 amide bonds. The van der Waals surface area contributed by atoms with Crippen LogP contribution in [0.4, 0.5) is 0 Å². The van der Waals surface area contributed by atoms with Gasteiger partial charge in [0, 0.05) is 24.4 Å². The van der Waals surface area contributed by atoms with E-state index in [0.29, 0.717) is 5.69 Å². The molecule has 1 aromatic heterocycles. The summed E-state index contributed by atoms with van der Waals surface area (Å²) in [6.45, 7) is 1.40. The number of aromatic amines is 1. The van der Waals surface area contributed by atoms with E-state index in [1.807, 2.05) is 0 Å². The fourth-order valence-corrected chi connectivity index (χ4v) is 2.22. The Kier molecular flexibility index (Phi) is 7.68. The van der Waals surface area contributed by atoms with Gasteiger partial charge in [0.25, 0.3) is 0 Å². The number of nitrogens with two attached hydrogens (primary N) is 2. The summed E-state index contributed by atoms with van der Waals surface area (Å²) in [6, 6.07) is -4.85. The third kappa shape index (κ3) is 6.49. The molecule has 12 nitrogen and oxygen atoms in total. The van der Waals surface area contributed by atoms with E-state index in [2.05, 4.69) is 20.6 Å². The van der Waals surface area contributed by atoms with Crippen LogP contribution in [0, 0.1) is 0 Å². The molecule has 0 radical (unpaired) electrons. The Morgan fingerprint density at radius 1 is 1.27 bits per heavy atom. The van der Waals surface area contributed by atoms with Crippen molar-refractivity contribution in [3.05, 3.63) is 18.2 Å². The summed E-state index contributed by atoms with van der Waals surface area (Å²) in [4.78, 5) is 52.1. The van der Waals surface area contributed by atoms with E-state index in [-0.39, 0.29) is 6.42 Å². The molecule has 4 atom stereocenters. The predicted octanol–water partition coefficient (Wildman–Crippen LogP) is -2.84. The lowest BCUT2D eigenvalue weighted by Gasteiger charge is -2.26. The molecule has 0 aliphatic heterocycles. The second-order valence-electron chi connectivity index (χ2n) is 5.73. The predicted molar refractivity (Wildman–Crippen MR) is 87.7 cm³/mol. The van der Waals surface area contributed by atoms with Crippen LogP contribution in [0.25, 0.3) is 0 Å². The molecule has 0 aliphatic carbocycles. The molecule has 1 heterocycles. The third-order valence-corrected chi connectivity index (χ3v) is 3.56. The monoisotopic (exact) mass is 370 g/mol. The largest absolute Gasteiger partial charge is 0.480 e. The summed E-state index contributed by atoms with van der Waals surface area (Å²) in [7, 11) is 0. The summed E-state index contributed by atoms with van der Waals surface area (Å²) < 4.78 is 0. The van der Waals surface area contributed by atoms with Gasteiger partial charge in [-0.05, 0) is 6.92 Å². The second-order valence-corrected chi connectivity index (χ2v) is 5.73. The number of primary amides is 1. The first-order valence-corrected chi connectivity index (χ1v) is 7.65. The van der Waals surface area contributed by atoms with Crippen LogP contribution in [0.5, 0.6) is 0 Å². The van der Waals surface area contributed by atoms with Crippen LogP contribution in [0.15, 0.2) is 12.5 Å². The standard InChI is InChI=1S/C14H22N6O6/c1-6(19-9(13(23)24)2-7-4-17-5-18-7)11(14(25)26)20-12(22)8(15)3-10(16)21/h4-6,8-9,11,19H,2-3,15H2,1H3,(H2,16,21)(H,17,18)(H,20,22)(H,23,24)(H,25,26)/t6-,8+,9+,11?/m1/s1. The van der Waals surface area contributed by atoms with Gasteiger partial charge in [-0.2, -0.15) is 0 Å². The van der Waals surface area contributed by atoms with Crippen LogP contribution in [-0.4, -0.2) is 68.1 Å². The molecule has 26 heavy (non-hydrogen) atoms. The average Bonchev–Trinajstić information content (AvgIpc) is 3.03. The van der Waals surface area contributed by atoms with Crippen molar-refractivity contribution in [2.24, 2.45) is 11.5 Å². The Morgan fingerprint density at radius 3 is 2.38 bits per heavy atom. The van der Waals surface area contributed by atoms with Crippen molar-refractivity contribution >= 4 is 23.8 Å². The summed E-state index contributed by atoms with van der Waals surface area (Å²) in [6.07, 6.45) is 2.42. The molecule has 144 valence electrons. The molecule has 1 unspecified atom stereocenters. The number of carbonyl (C=O) groups excluding carboxylic acids is 2. The van der Waals surface area contributed by atoms with Gasteiger partial charge < -0.3 is 32.0 Å². The number of H-pyrrole nitrogens is 1. The van der Waals surface area contributed by atoms with Gasteiger partial charge >= 0.3 is 11.9 Å². The Labute approximate surface area is 148 Å². The molecule has 0 saturated heterocycles. The van der Waals surface area contributed by atoms with E-state index in [0.717, 1.165) is 0 Å². The molecule has 12 heteroatoms. The topological polar surface area (TPSA) is 214 Å². The van der Waals surface area contributed by atoms with Crippen LogP contribution >= 0.6 is 0 Å². The van der Waals surface area contributed by atoms with Gasteiger partial charge in [0.15, 0.2) is 0 Å². The number of aliphatic carboxylic acids is 2. The first kappa shape index (κ1) is 21.1. The van der Waals surface area contributed by atoms with Crippen LogP contribution in [0.3, 0.4) is 0 Å². The number of carbonyl (C=O) groups is 4. The third-order valence-electron chi connectivity index (χ3n) is 3.56. The van der Waals surface area contributed by atoms with Crippen LogP contribution in [-0.2, 0) is 25.6 Å². The van der Waals surface area contributed by atoms with Gasteiger partial charge in [0.05, 0.1) is 18.8 Å². The Hall–Kier alpha value is -2.99. The number of carboxylic acid groups (broad SMARTS) is 2. The molecule has 0 bridgehead atoms. The highest BCUT2D eigenvalue weighted by Gasteiger charge is 2.32. The average molecular weight is 370 g/mol. The van der Waals surface area contributed by atoms with Gasteiger partial charge in [0.2, 0.25) is 11.8 Å². The molecule has 0 spiro atoms.